The minimum atomic E-state index is -1.27. The molecule has 0 saturated carbocycles. The summed E-state index contributed by atoms with van der Waals surface area (Å²) in [5.74, 6) is -4.11. The number of amides is 5. The molecule has 1 atom stereocenters. The third-order valence-electron chi connectivity index (χ3n) is 7.64. The molecule has 4 aromatic rings. The molecule has 0 spiro atoms. The van der Waals surface area contributed by atoms with Crippen molar-refractivity contribution >= 4 is 58.4 Å². The summed E-state index contributed by atoms with van der Waals surface area (Å²) in [5, 5.41) is 39.9. The fourth-order valence-electron chi connectivity index (χ4n) is 4.99. The predicted octanol–water partition coefficient (Wildman–Crippen LogP) is 3.09. The quantitative estimate of drug-likeness (QED) is 0.162. The number of likely N-dealkylation sites (tertiary alicyclic amines) is 1. The van der Waals surface area contributed by atoms with Crippen LogP contribution in [0.25, 0.3) is 5.69 Å². The maximum absolute atomic E-state index is 13.4. The number of aromatic carboxylic acids is 1. The van der Waals surface area contributed by atoms with E-state index in [4.69, 9.17) is 16.9 Å². The van der Waals surface area contributed by atoms with Gasteiger partial charge in [-0.3, -0.25) is 14.4 Å². The number of aromatic nitrogens is 4. The highest BCUT2D eigenvalue weighted by Gasteiger charge is 2.26. The maximum Gasteiger partial charge on any atom is 0.335 e. The van der Waals surface area contributed by atoms with Crippen LogP contribution < -0.4 is 21.3 Å². The van der Waals surface area contributed by atoms with Gasteiger partial charge in [-0.05, 0) is 83.4 Å². The molecule has 0 aliphatic carbocycles. The van der Waals surface area contributed by atoms with Gasteiger partial charge in [0.2, 0.25) is 5.91 Å². The lowest BCUT2D eigenvalue weighted by molar-refractivity contribution is -0.137. The Labute approximate surface area is 284 Å². The fourth-order valence-corrected chi connectivity index (χ4v) is 5.16. The molecule has 1 fully saturated rings. The molecule has 0 bridgehead atoms. The van der Waals surface area contributed by atoms with Gasteiger partial charge in [-0.2, -0.15) is 9.94 Å². The zero-order valence-corrected chi connectivity index (χ0v) is 26.4. The summed E-state index contributed by atoms with van der Waals surface area (Å²) >= 11 is 6.12. The Morgan fingerprint density at radius 1 is 0.918 bits per heavy atom. The van der Waals surface area contributed by atoms with Crippen molar-refractivity contribution in [3.63, 3.8) is 0 Å². The monoisotopic (exact) mass is 684 g/mol. The molecule has 0 unspecified atom stereocenters. The lowest BCUT2D eigenvalue weighted by Gasteiger charge is -2.29. The highest BCUT2D eigenvalue weighted by atomic mass is 35.5. The number of carbonyl (C=O) groups is 5. The Hall–Kier alpha value is -6.34. The predicted molar refractivity (Wildman–Crippen MR) is 176 cm³/mol. The number of tetrazole rings is 1. The average molecular weight is 685 g/mol. The number of anilines is 3. The Bertz CT molecular complexity index is 1890. The van der Waals surface area contributed by atoms with Crippen LogP contribution in [0.5, 0.6) is 0 Å². The van der Waals surface area contributed by atoms with Crippen molar-refractivity contribution < 1.29 is 29.1 Å². The summed E-state index contributed by atoms with van der Waals surface area (Å²) in [7, 11) is 0. The normalized spacial score (nSPS) is 13.4. The lowest BCUT2D eigenvalue weighted by atomic mass is 9.99. The van der Waals surface area contributed by atoms with Gasteiger partial charge in [0.15, 0.2) is 0 Å². The summed E-state index contributed by atoms with van der Waals surface area (Å²) in [4.78, 5) is 65.2. The SMILES string of the molecule is N#CC1CCN(C(=O)Nc2ccc(C[C@H](NC(=O)C(=O)Nc3cc(Cl)ccc3-n3cnnn3)C(=O)Nc3ccc(C(=O)O)cc3)cc2)CC1. The second-order valence-corrected chi connectivity index (χ2v) is 11.4. The standard InChI is InChI=1S/C32H29ClN10O6/c33-22-5-10-27(43-18-35-40-41-43)25(16-22)38-29(45)30(46)39-26(28(44)36-23-8-3-21(4-9-23)31(47)48)15-19-1-6-24(7-2-19)37-32(49)42-13-11-20(17-34)12-14-42/h1-10,16,18,20,26H,11-15H2,(H,36,44)(H,37,49)(H,38,45)(H,39,46)(H,47,48)/t26-/m0/s1. The molecule has 1 aromatic heterocycles. The summed E-state index contributed by atoms with van der Waals surface area (Å²) < 4.78 is 1.26. The first-order valence-electron chi connectivity index (χ1n) is 14.9. The van der Waals surface area contributed by atoms with Gasteiger partial charge in [0, 0.05) is 41.8 Å². The van der Waals surface area contributed by atoms with E-state index in [0.29, 0.717) is 42.9 Å². The number of carbonyl (C=O) groups excluding carboxylic acids is 4. The fraction of sp³-hybridized carbons (Fsp3) is 0.219. The number of nitrogens with one attached hydrogen (secondary N) is 4. The topological polar surface area (TPSA) is 224 Å². The van der Waals surface area contributed by atoms with Gasteiger partial charge in [-0.25, -0.2) is 9.59 Å². The number of nitriles is 1. The largest absolute Gasteiger partial charge is 0.478 e. The first kappa shape index (κ1) is 34.0. The zero-order chi connectivity index (χ0) is 34.9. The van der Waals surface area contributed by atoms with Crippen LogP contribution >= 0.6 is 11.6 Å². The maximum atomic E-state index is 13.4. The number of rotatable bonds is 9. The number of benzene rings is 3. The number of nitrogens with zero attached hydrogens (tertiary/aromatic N) is 6. The number of carboxylic acids is 1. The van der Waals surface area contributed by atoms with E-state index in [1.807, 2.05) is 0 Å². The molecule has 3 aromatic carbocycles. The van der Waals surface area contributed by atoms with Crippen LogP contribution in [0.4, 0.5) is 21.9 Å². The number of hydrogen-bond donors (Lipinski definition) is 5. The molecule has 16 nitrogen and oxygen atoms in total. The molecule has 49 heavy (non-hydrogen) atoms. The molecular formula is C32H29ClN10O6. The van der Waals surface area contributed by atoms with Crippen molar-refractivity contribution in [2.24, 2.45) is 5.92 Å². The molecule has 2 heterocycles. The van der Waals surface area contributed by atoms with E-state index < -0.39 is 29.7 Å². The van der Waals surface area contributed by atoms with Crippen molar-refractivity contribution in [1.29, 1.82) is 5.26 Å². The van der Waals surface area contributed by atoms with E-state index in [2.05, 4.69) is 42.9 Å². The van der Waals surface area contributed by atoms with Gasteiger partial charge in [0.1, 0.15) is 12.4 Å². The van der Waals surface area contributed by atoms with Crippen LogP contribution in [0.15, 0.2) is 73.1 Å². The Kier molecular flexibility index (Phi) is 10.8. The number of urea groups is 1. The molecule has 1 aliphatic heterocycles. The summed E-state index contributed by atoms with van der Waals surface area (Å²) in [6.07, 6.45) is 2.46. The van der Waals surface area contributed by atoms with E-state index >= 15 is 0 Å². The number of halogens is 1. The van der Waals surface area contributed by atoms with Gasteiger partial charge in [-0.1, -0.05) is 23.7 Å². The highest BCUT2D eigenvalue weighted by Crippen LogP contribution is 2.24. The Morgan fingerprint density at radius 2 is 1.59 bits per heavy atom. The first-order chi connectivity index (χ1) is 23.6. The van der Waals surface area contributed by atoms with Crippen LogP contribution in [-0.4, -0.2) is 79.1 Å². The van der Waals surface area contributed by atoms with E-state index in [9.17, 15) is 29.1 Å². The van der Waals surface area contributed by atoms with E-state index in [1.165, 1.54) is 41.3 Å². The number of carboxylic acid groups (broad SMARTS) is 1. The van der Waals surface area contributed by atoms with Crippen LogP contribution in [0.1, 0.15) is 28.8 Å². The summed E-state index contributed by atoms with van der Waals surface area (Å²) in [6.45, 7) is 0.947. The smallest absolute Gasteiger partial charge is 0.335 e. The van der Waals surface area contributed by atoms with E-state index in [0.717, 1.165) is 0 Å². The van der Waals surface area contributed by atoms with Crippen molar-refractivity contribution in [2.45, 2.75) is 25.3 Å². The van der Waals surface area contributed by atoms with Gasteiger partial charge in [-0.15, -0.1) is 5.10 Å². The third-order valence-corrected chi connectivity index (χ3v) is 7.87. The van der Waals surface area contributed by atoms with Crippen LogP contribution in [0.2, 0.25) is 5.02 Å². The molecular weight excluding hydrogens is 656 g/mol. The molecule has 1 saturated heterocycles. The van der Waals surface area contributed by atoms with Crippen molar-refractivity contribution in [3.05, 3.63) is 89.2 Å². The second kappa shape index (κ2) is 15.5. The van der Waals surface area contributed by atoms with Crippen molar-refractivity contribution in [1.82, 2.24) is 30.4 Å². The van der Waals surface area contributed by atoms with Crippen LogP contribution in [0, 0.1) is 17.2 Å². The molecule has 5 amide bonds. The lowest BCUT2D eigenvalue weighted by Crippen LogP contribution is -2.49. The summed E-state index contributed by atoms with van der Waals surface area (Å²) in [6, 6.07) is 17.2. The highest BCUT2D eigenvalue weighted by molar-refractivity contribution is 6.40. The third kappa shape index (κ3) is 8.93. The Morgan fingerprint density at radius 3 is 2.22 bits per heavy atom. The molecule has 0 radical (unpaired) electrons. The van der Waals surface area contributed by atoms with Gasteiger partial charge in [0.25, 0.3) is 0 Å². The Balaban J connectivity index is 1.29. The minimum Gasteiger partial charge on any atom is -0.478 e. The zero-order valence-electron chi connectivity index (χ0n) is 25.7. The molecule has 17 heteroatoms. The molecule has 250 valence electrons. The first-order valence-corrected chi connectivity index (χ1v) is 15.3. The van der Waals surface area contributed by atoms with Crippen LogP contribution in [0.3, 0.4) is 0 Å². The van der Waals surface area contributed by atoms with E-state index in [-0.39, 0.29) is 40.3 Å². The van der Waals surface area contributed by atoms with Crippen molar-refractivity contribution in [2.75, 3.05) is 29.0 Å². The molecule has 1 aliphatic rings. The number of hydrogen-bond acceptors (Lipinski definition) is 9. The van der Waals surface area contributed by atoms with Gasteiger partial charge < -0.3 is 31.3 Å². The van der Waals surface area contributed by atoms with E-state index in [1.54, 1.807) is 41.3 Å². The second-order valence-electron chi connectivity index (χ2n) is 11.0. The average Bonchev–Trinajstić information content (AvgIpc) is 3.64. The number of piperidine rings is 1. The van der Waals surface area contributed by atoms with Gasteiger partial charge in [0.05, 0.1) is 23.0 Å². The summed E-state index contributed by atoms with van der Waals surface area (Å²) in [5.41, 5.74) is 1.82. The minimum absolute atomic E-state index is 0.0143. The molecule has 5 N–H and O–H groups in total. The molecule has 5 rings (SSSR count). The van der Waals surface area contributed by atoms with Crippen LogP contribution in [-0.2, 0) is 20.8 Å². The van der Waals surface area contributed by atoms with Crippen molar-refractivity contribution in [3.8, 4) is 11.8 Å². The van der Waals surface area contributed by atoms with Gasteiger partial charge >= 0.3 is 23.8 Å².